The fourth-order valence-electron chi connectivity index (χ4n) is 5.12. The third-order valence-electron chi connectivity index (χ3n) is 7.04. The smallest absolute Gasteiger partial charge is 0.224 e. The van der Waals surface area contributed by atoms with E-state index in [1.807, 2.05) is 12.1 Å². The van der Waals surface area contributed by atoms with Gasteiger partial charge in [-0.3, -0.25) is 14.4 Å². The van der Waals surface area contributed by atoms with Crippen molar-refractivity contribution in [3.8, 4) is 34.3 Å². The van der Waals surface area contributed by atoms with Gasteiger partial charge in [0.15, 0.2) is 11.5 Å². The molecule has 0 spiro atoms. The fraction of sp³-hybridized carbons (Fsp3) is 0.355. The second kappa shape index (κ2) is 13.7. The van der Waals surface area contributed by atoms with Gasteiger partial charge in [-0.15, -0.1) is 0 Å². The molecule has 0 saturated heterocycles. The number of methoxy groups -OCH3 is 4. The Morgan fingerprint density at radius 2 is 1.76 bits per heavy atom. The molecule has 0 aliphatic heterocycles. The van der Waals surface area contributed by atoms with Gasteiger partial charge in [0.2, 0.25) is 28.9 Å². The number of nitrogens with one attached hydrogen (secondary N) is 3. The van der Waals surface area contributed by atoms with Gasteiger partial charge >= 0.3 is 0 Å². The van der Waals surface area contributed by atoms with Crippen LogP contribution in [0.3, 0.4) is 0 Å². The minimum Gasteiger partial charge on any atom is -0.493 e. The average molecular weight is 577 g/mol. The molecule has 0 radical (unpaired) electrons. The number of carbonyl (C=O) groups is 2. The summed E-state index contributed by atoms with van der Waals surface area (Å²) in [6, 6.07) is 10.0. The van der Waals surface area contributed by atoms with Gasteiger partial charge in [-0.1, -0.05) is 6.07 Å². The predicted octanol–water partition coefficient (Wildman–Crippen LogP) is 4.10. The highest BCUT2D eigenvalue weighted by molar-refractivity contribution is 5.90. The minimum atomic E-state index is -0.393. The standard InChI is InChI=1S/C31H36N4O7/c1-18(36)34-23-11-8-19-15-26(39-2)30(41-4)31(42-5)29(19)21-10-12-24(25(37)16-22(21)23)32-14-6-7-27(38)35-20-9-13-28(40-3)33-17-20/h9-10,12-13,15-17,23H,6-8,11,14H2,1-5H3,(H,32,37)(H,34,36)(H,35,38). The van der Waals surface area contributed by atoms with Gasteiger partial charge in [0, 0.05) is 31.5 Å². The molecule has 2 aromatic carbocycles. The lowest BCUT2D eigenvalue weighted by Crippen LogP contribution is -2.26. The van der Waals surface area contributed by atoms with Crippen LogP contribution in [0.5, 0.6) is 23.1 Å². The Kier molecular flexibility index (Phi) is 9.85. The minimum absolute atomic E-state index is 0.164. The zero-order valence-electron chi connectivity index (χ0n) is 24.5. The monoisotopic (exact) mass is 576 g/mol. The quantitative estimate of drug-likeness (QED) is 0.288. The third kappa shape index (κ3) is 6.73. The fourth-order valence-corrected chi connectivity index (χ4v) is 5.12. The molecule has 1 aliphatic carbocycles. The molecule has 4 rings (SSSR count). The Labute approximate surface area is 244 Å². The number of hydrogen-bond donors (Lipinski definition) is 3. The maximum atomic E-state index is 13.4. The molecule has 0 saturated carbocycles. The highest BCUT2D eigenvalue weighted by Crippen LogP contribution is 2.50. The molecule has 222 valence electrons. The van der Waals surface area contributed by atoms with Crippen LogP contribution in [0.4, 0.5) is 11.4 Å². The van der Waals surface area contributed by atoms with Crippen molar-refractivity contribution in [3.63, 3.8) is 0 Å². The summed E-state index contributed by atoms with van der Waals surface area (Å²) in [6.07, 6.45) is 3.46. The number of hydrogen-bond acceptors (Lipinski definition) is 9. The zero-order chi connectivity index (χ0) is 30.2. The van der Waals surface area contributed by atoms with E-state index in [9.17, 15) is 14.4 Å². The Morgan fingerprint density at radius 3 is 2.40 bits per heavy atom. The van der Waals surface area contributed by atoms with Crippen LogP contribution in [0, 0.1) is 0 Å². The lowest BCUT2D eigenvalue weighted by atomic mass is 9.95. The van der Waals surface area contributed by atoms with E-state index in [4.69, 9.17) is 18.9 Å². The first-order valence-electron chi connectivity index (χ1n) is 13.6. The van der Waals surface area contributed by atoms with Crippen molar-refractivity contribution >= 4 is 23.2 Å². The van der Waals surface area contributed by atoms with E-state index in [-0.39, 0.29) is 23.7 Å². The number of rotatable bonds is 11. The molecule has 1 heterocycles. The van der Waals surface area contributed by atoms with Crippen LogP contribution in [0.1, 0.15) is 43.4 Å². The molecule has 0 fully saturated rings. The molecule has 1 atom stereocenters. The maximum absolute atomic E-state index is 13.4. The number of aryl methyl sites for hydroxylation is 1. The summed E-state index contributed by atoms with van der Waals surface area (Å²) in [6.45, 7) is 1.86. The predicted molar refractivity (Wildman–Crippen MR) is 160 cm³/mol. The SMILES string of the molecule is COc1ccc(NC(=O)CCCNc2ccc3c(cc2=O)C(NC(C)=O)CCc2cc(OC)c(OC)c(OC)c2-3)cn1. The number of benzene rings is 1. The van der Waals surface area contributed by atoms with E-state index in [0.29, 0.717) is 65.9 Å². The van der Waals surface area contributed by atoms with Crippen LogP contribution in [-0.2, 0) is 16.0 Å². The van der Waals surface area contributed by atoms with E-state index in [0.717, 1.165) is 16.7 Å². The van der Waals surface area contributed by atoms with Gasteiger partial charge in [-0.25, -0.2) is 4.98 Å². The first kappa shape index (κ1) is 30.2. The zero-order valence-corrected chi connectivity index (χ0v) is 24.5. The van der Waals surface area contributed by atoms with Crippen LogP contribution >= 0.6 is 0 Å². The van der Waals surface area contributed by atoms with Gasteiger partial charge in [0.1, 0.15) is 0 Å². The molecular weight excluding hydrogens is 540 g/mol. The molecule has 11 nitrogen and oxygen atoms in total. The number of fused-ring (bicyclic) bond motifs is 3. The molecule has 1 aromatic heterocycles. The summed E-state index contributed by atoms with van der Waals surface area (Å²) in [7, 11) is 6.19. The molecule has 3 aromatic rings. The lowest BCUT2D eigenvalue weighted by Gasteiger charge is -2.19. The summed E-state index contributed by atoms with van der Waals surface area (Å²) in [4.78, 5) is 42.0. The van der Waals surface area contributed by atoms with Crippen molar-refractivity contribution in [3.05, 3.63) is 63.9 Å². The van der Waals surface area contributed by atoms with Crippen LogP contribution in [0.15, 0.2) is 47.4 Å². The van der Waals surface area contributed by atoms with Crippen LogP contribution in [0.2, 0.25) is 0 Å². The number of carbonyl (C=O) groups excluding carboxylic acids is 2. The van der Waals surface area contributed by atoms with Gasteiger partial charge in [-0.2, -0.15) is 0 Å². The summed E-state index contributed by atoms with van der Waals surface area (Å²) < 4.78 is 22.1. The Balaban J connectivity index is 1.60. The largest absolute Gasteiger partial charge is 0.493 e. The molecule has 0 bridgehead atoms. The third-order valence-corrected chi connectivity index (χ3v) is 7.04. The maximum Gasteiger partial charge on any atom is 0.224 e. The van der Waals surface area contributed by atoms with Crippen molar-refractivity contribution in [2.24, 2.45) is 0 Å². The number of amides is 2. The molecule has 2 amide bonds. The molecular formula is C31H36N4O7. The van der Waals surface area contributed by atoms with E-state index in [2.05, 4.69) is 20.9 Å². The van der Waals surface area contributed by atoms with E-state index < -0.39 is 6.04 Å². The number of aromatic nitrogens is 1. The average Bonchev–Trinajstić information content (AvgIpc) is 3.23. The van der Waals surface area contributed by atoms with Gasteiger partial charge in [0.05, 0.1) is 52.1 Å². The van der Waals surface area contributed by atoms with E-state index in [1.54, 1.807) is 45.6 Å². The van der Waals surface area contributed by atoms with Gasteiger partial charge in [-0.05, 0) is 60.2 Å². The molecule has 11 heteroatoms. The van der Waals surface area contributed by atoms with Crippen LogP contribution in [-0.4, -0.2) is 51.8 Å². The molecule has 42 heavy (non-hydrogen) atoms. The molecule has 3 N–H and O–H groups in total. The van der Waals surface area contributed by atoms with Gasteiger partial charge in [0.25, 0.3) is 0 Å². The van der Waals surface area contributed by atoms with Crippen molar-refractivity contribution in [2.75, 3.05) is 45.6 Å². The first-order chi connectivity index (χ1) is 20.3. The molecule has 1 unspecified atom stereocenters. The Bertz CT molecular complexity index is 1510. The second-order valence-corrected chi connectivity index (χ2v) is 9.76. The van der Waals surface area contributed by atoms with E-state index in [1.165, 1.54) is 20.2 Å². The summed E-state index contributed by atoms with van der Waals surface area (Å²) in [5.74, 6) is 1.57. The lowest BCUT2D eigenvalue weighted by molar-refractivity contribution is -0.119. The topological polar surface area (TPSA) is 137 Å². The van der Waals surface area contributed by atoms with Crippen molar-refractivity contribution in [1.82, 2.24) is 10.3 Å². The number of ether oxygens (including phenoxy) is 4. The van der Waals surface area contributed by atoms with Crippen molar-refractivity contribution in [1.29, 1.82) is 0 Å². The van der Waals surface area contributed by atoms with Crippen LogP contribution < -0.4 is 40.3 Å². The first-order valence-corrected chi connectivity index (χ1v) is 13.6. The Morgan fingerprint density at radius 1 is 0.976 bits per heavy atom. The van der Waals surface area contributed by atoms with Gasteiger partial charge < -0.3 is 34.9 Å². The van der Waals surface area contributed by atoms with Crippen LogP contribution in [0.25, 0.3) is 11.1 Å². The van der Waals surface area contributed by atoms with Crippen molar-refractivity contribution in [2.45, 2.75) is 38.6 Å². The van der Waals surface area contributed by atoms with Crippen molar-refractivity contribution < 1.29 is 28.5 Å². The Hall–Kier alpha value is -4.80. The summed E-state index contributed by atoms with van der Waals surface area (Å²) >= 11 is 0. The highest BCUT2D eigenvalue weighted by Gasteiger charge is 2.29. The van der Waals surface area contributed by atoms with E-state index >= 15 is 0 Å². The molecule has 1 aliphatic rings. The normalized spacial score (nSPS) is 13.5. The summed E-state index contributed by atoms with van der Waals surface area (Å²) in [5.41, 5.74) is 3.88. The second-order valence-electron chi connectivity index (χ2n) is 9.76. The number of pyridine rings is 1. The number of nitrogens with zero attached hydrogens (tertiary/aromatic N) is 1. The summed E-state index contributed by atoms with van der Waals surface area (Å²) in [5, 5.41) is 8.97. The highest BCUT2D eigenvalue weighted by atomic mass is 16.5. The number of anilines is 2.